The van der Waals surface area contributed by atoms with Gasteiger partial charge in [0.25, 0.3) is 5.78 Å². The summed E-state index contributed by atoms with van der Waals surface area (Å²) in [5.41, 5.74) is 2.87. The van der Waals surface area contributed by atoms with Crippen LogP contribution in [-0.4, -0.2) is 41.0 Å². The lowest BCUT2D eigenvalue weighted by atomic mass is 9.95. The highest BCUT2D eigenvalue weighted by Crippen LogP contribution is 2.44. The second kappa shape index (κ2) is 13.6. The minimum atomic E-state index is -1.03. The van der Waals surface area contributed by atoms with Crippen LogP contribution in [0.15, 0.2) is 91.0 Å². The molecule has 230 valence electrons. The number of rotatable bonds is 11. The third-order valence-corrected chi connectivity index (χ3v) is 8.28. The van der Waals surface area contributed by atoms with Crippen molar-refractivity contribution in [3.05, 3.63) is 124 Å². The van der Waals surface area contributed by atoms with Crippen molar-refractivity contribution in [1.82, 2.24) is 4.98 Å². The van der Waals surface area contributed by atoms with Crippen molar-refractivity contribution in [2.24, 2.45) is 0 Å². The molecule has 0 unspecified atom stereocenters. The predicted molar refractivity (Wildman–Crippen MR) is 172 cm³/mol. The van der Waals surface area contributed by atoms with Crippen molar-refractivity contribution in [1.29, 1.82) is 0 Å². The Labute approximate surface area is 265 Å². The fraction of sp³-hybridized carbons (Fsp3) is 0.200. The van der Waals surface area contributed by atoms with Crippen molar-refractivity contribution < 1.29 is 33.7 Å². The zero-order valence-corrected chi connectivity index (χ0v) is 25.9. The molecule has 0 aliphatic carbocycles. The van der Waals surface area contributed by atoms with E-state index in [0.717, 1.165) is 22.5 Å². The van der Waals surface area contributed by atoms with Crippen molar-refractivity contribution in [3.63, 3.8) is 0 Å². The number of thiazole rings is 1. The standard InChI is InChI=1S/C35H32N2O7S/c1-5-18-43-34(41)32-22(4)36-35(45-32)37-29(24-12-15-26(16-13-24)42-6-2)28(31(39)33(37)40)30(38)25-14-17-27(21(3)19-25)44-20-23-10-8-7-9-11-23/h5,7-17,19,29,38H,1,6,18,20H2,2-4H3/b30-28+/t29-/m1/s1. The highest BCUT2D eigenvalue weighted by molar-refractivity contribution is 7.17. The minimum absolute atomic E-state index is 0.0116. The fourth-order valence-electron chi connectivity index (χ4n) is 4.98. The highest BCUT2D eigenvalue weighted by atomic mass is 32.1. The van der Waals surface area contributed by atoms with E-state index in [1.165, 1.54) is 11.0 Å². The van der Waals surface area contributed by atoms with Gasteiger partial charge in [0.05, 0.1) is 23.9 Å². The number of amides is 1. The lowest BCUT2D eigenvalue weighted by Crippen LogP contribution is -2.29. The van der Waals surface area contributed by atoms with Crippen LogP contribution < -0.4 is 14.4 Å². The van der Waals surface area contributed by atoms with Gasteiger partial charge >= 0.3 is 11.9 Å². The quantitative estimate of drug-likeness (QED) is 0.0644. The predicted octanol–water partition coefficient (Wildman–Crippen LogP) is 6.71. The molecule has 45 heavy (non-hydrogen) atoms. The molecule has 4 aromatic rings. The molecular formula is C35H32N2O7S. The van der Waals surface area contributed by atoms with Crippen LogP contribution >= 0.6 is 11.3 Å². The van der Waals surface area contributed by atoms with Crippen LogP contribution in [0.2, 0.25) is 0 Å². The van der Waals surface area contributed by atoms with Crippen molar-refractivity contribution in [2.75, 3.05) is 18.1 Å². The first-order valence-corrected chi connectivity index (χ1v) is 15.1. The summed E-state index contributed by atoms with van der Waals surface area (Å²) in [7, 11) is 0. The molecule has 1 saturated heterocycles. The molecule has 1 atom stereocenters. The summed E-state index contributed by atoms with van der Waals surface area (Å²) in [6, 6.07) is 20.7. The Hall–Kier alpha value is -5.22. The monoisotopic (exact) mass is 624 g/mol. The number of carbonyl (C=O) groups excluding carboxylic acids is 3. The summed E-state index contributed by atoms with van der Waals surface area (Å²) in [5, 5.41) is 11.7. The van der Waals surface area contributed by atoms with Crippen LogP contribution in [-0.2, 0) is 20.9 Å². The molecule has 0 radical (unpaired) electrons. The van der Waals surface area contributed by atoms with Gasteiger partial charge in [-0.25, -0.2) is 9.78 Å². The van der Waals surface area contributed by atoms with Crippen LogP contribution in [0.4, 0.5) is 5.13 Å². The van der Waals surface area contributed by atoms with E-state index < -0.39 is 23.7 Å². The number of aryl methyl sites for hydroxylation is 2. The number of anilines is 1. The second-order valence-electron chi connectivity index (χ2n) is 10.2. The number of aliphatic hydroxyl groups excluding tert-OH is 1. The summed E-state index contributed by atoms with van der Waals surface area (Å²) in [4.78, 5) is 45.8. The maximum atomic E-state index is 13.7. The van der Waals surface area contributed by atoms with Gasteiger partial charge in [0, 0.05) is 5.56 Å². The van der Waals surface area contributed by atoms with Gasteiger partial charge in [-0.3, -0.25) is 14.5 Å². The largest absolute Gasteiger partial charge is 0.507 e. The Bertz CT molecular complexity index is 1780. The zero-order chi connectivity index (χ0) is 32.1. The van der Waals surface area contributed by atoms with Crippen LogP contribution in [0.3, 0.4) is 0 Å². The summed E-state index contributed by atoms with van der Waals surface area (Å²) in [6.07, 6.45) is 1.45. The Balaban J connectivity index is 1.56. The normalized spacial score (nSPS) is 15.6. The van der Waals surface area contributed by atoms with Crippen LogP contribution in [0.5, 0.6) is 11.5 Å². The van der Waals surface area contributed by atoms with Gasteiger partial charge in [0.15, 0.2) is 5.13 Å². The zero-order valence-electron chi connectivity index (χ0n) is 25.1. The molecule has 0 saturated carbocycles. The lowest BCUT2D eigenvalue weighted by molar-refractivity contribution is -0.132. The number of ether oxygens (including phenoxy) is 3. The number of ketones is 1. The van der Waals surface area contributed by atoms with E-state index in [0.29, 0.717) is 41.5 Å². The number of aromatic nitrogens is 1. The topological polar surface area (TPSA) is 115 Å². The number of nitrogens with zero attached hydrogens (tertiary/aromatic N) is 2. The molecule has 1 aliphatic rings. The Morgan fingerprint density at radius 1 is 1.04 bits per heavy atom. The summed E-state index contributed by atoms with van der Waals surface area (Å²) >= 11 is 0.936. The molecule has 5 rings (SSSR count). The van der Waals surface area contributed by atoms with Crippen LogP contribution in [0.25, 0.3) is 5.76 Å². The minimum Gasteiger partial charge on any atom is -0.507 e. The molecule has 3 aromatic carbocycles. The number of hydrogen-bond acceptors (Lipinski definition) is 9. The van der Waals surface area contributed by atoms with E-state index in [4.69, 9.17) is 14.2 Å². The SMILES string of the molecule is C=CCOC(=O)c1sc(N2C(=O)C(=O)/C(=C(/O)c3ccc(OCc4ccccc4)c(C)c3)[C@H]2c2ccc(OCC)cc2)nc1C. The van der Waals surface area contributed by atoms with Gasteiger partial charge < -0.3 is 19.3 Å². The number of benzene rings is 3. The van der Waals surface area contributed by atoms with E-state index in [1.807, 2.05) is 44.2 Å². The van der Waals surface area contributed by atoms with Crippen LogP contribution in [0, 0.1) is 13.8 Å². The average molecular weight is 625 g/mol. The molecule has 1 fully saturated rings. The number of Topliss-reactive ketones (excluding diaryl/α,β-unsaturated/α-hetero) is 1. The van der Waals surface area contributed by atoms with Crippen molar-refractivity contribution in [3.8, 4) is 11.5 Å². The molecule has 0 spiro atoms. The van der Waals surface area contributed by atoms with Crippen molar-refractivity contribution >= 4 is 39.9 Å². The Morgan fingerprint density at radius 2 is 1.78 bits per heavy atom. The highest BCUT2D eigenvalue weighted by Gasteiger charge is 2.48. The van der Waals surface area contributed by atoms with Gasteiger partial charge in [0.2, 0.25) is 0 Å². The molecule has 1 aromatic heterocycles. The van der Waals surface area contributed by atoms with Gasteiger partial charge in [0.1, 0.15) is 35.3 Å². The molecule has 1 N–H and O–H groups in total. The third kappa shape index (κ3) is 6.51. The fourth-order valence-corrected chi connectivity index (χ4v) is 5.97. The summed E-state index contributed by atoms with van der Waals surface area (Å²) < 4.78 is 16.7. The smallest absolute Gasteiger partial charge is 0.350 e. The molecular weight excluding hydrogens is 592 g/mol. The number of hydrogen-bond donors (Lipinski definition) is 1. The molecule has 2 heterocycles. The summed E-state index contributed by atoms with van der Waals surface area (Å²) in [5.74, 6) is -1.49. The lowest BCUT2D eigenvalue weighted by Gasteiger charge is -2.23. The molecule has 1 amide bonds. The second-order valence-corrected chi connectivity index (χ2v) is 11.2. The first-order chi connectivity index (χ1) is 21.7. The van der Waals surface area contributed by atoms with Gasteiger partial charge in [-0.05, 0) is 67.8 Å². The Morgan fingerprint density at radius 3 is 2.44 bits per heavy atom. The Kier molecular flexibility index (Phi) is 9.44. The van der Waals surface area contributed by atoms with E-state index in [2.05, 4.69) is 11.6 Å². The third-order valence-electron chi connectivity index (χ3n) is 7.15. The maximum Gasteiger partial charge on any atom is 0.350 e. The number of aliphatic hydroxyl groups is 1. The maximum absolute atomic E-state index is 13.7. The van der Waals surface area contributed by atoms with Gasteiger partial charge in [-0.1, -0.05) is 66.5 Å². The van der Waals surface area contributed by atoms with Gasteiger partial charge in [-0.2, -0.15) is 0 Å². The van der Waals surface area contributed by atoms with E-state index in [9.17, 15) is 19.5 Å². The first kappa shape index (κ1) is 31.2. The molecule has 0 bridgehead atoms. The van der Waals surface area contributed by atoms with E-state index in [1.54, 1.807) is 49.4 Å². The molecule has 10 heteroatoms. The molecule has 9 nitrogen and oxygen atoms in total. The average Bonchev–Trinajstić information content (AvgIpc) is 3.55. The number of esters is 1. The van der Waals surface area contributed by atoms with E-state index >= 15 is 0 Å². The van der Waals surface area contributed by atoms with E-state index in [-0.39, 0.29) is 27.9 Å². The van der Waals surface area contributed by atoms with Gasteiger partial charge in [-0.15, -0.1) is 0 Å². The molecule has 1 aliphatic heterocycles. The van der Waals surface area contributed by atoms with Crippen molar-refractivity contribution in [2.45, 2.75) is 33.4 Å². The number of carbonyl (C=O) groups is 3. The first-order valence-electron chi connectivity index (χ1n) is 14.3. The van der Waals surface area contributed by atoms with Crippen LogP contribution in [0.1, 0.15) is 50.6 Å². The summed E-state index contributed by atoms with van der Waals surface area (Å²) in [6.45, 7) is 9.72.